The van der Waals surface area contributed by atoms with Gasteiger partial charge >= 0.3 is 0 Å². The Morgan fingerprint density at radius 1 is 1.50 bits per heavy atom. The molecule has 1 aliphatic rings. The summed E-state index contributed by atoms with van der Waals surface area (Å²) in [5.74, 6) is 0.333. The Bertz CT molecular complexity index is 454. The van der Waals surface area contributed by atoms with Crippen molar-refractivity contribution in [2.24, 2.45) is 5.73 Å². The standard InChI is InChI=1S/C12H14Cl2N2O2/c13-8-1-2-10(14)11(5-8)18-7-12(17)16-4-3-9(15)6-16/h1-2,5,9H,3-4,6-7,15H2. The first-order valence-electron chi connectivity index (χ1n) is 5.67. The molecule has 1 aromatic rings. The minimum Gasteiger partial charge on any atom is -0.482 e. The van der Waals surface area contributed by atoms with Crippen LogP contribution in [-0.4, -0.2) is 36.5 Å². The number of hydrogen-bond acceptors (Lipinski definition) is 3. The summed E-state index contributed by atoms with van der Waals surface area (Å²) in [7, 11) is 0. The van der Waals surface area contributed by atoms with Gasteiger partial charge in [-0.05, 0) is 18.6 Å². The zero-order valence-corrected chi connectivity index (χ0v) is 11.2. The van der Waals surface area contributed by atoms with Gasteiger partial charge in [-0.1, -0.05) is 23.2 Å². The van der Waals surface area contributed by atoms with E-state index in [1.165, 1.54) is 0 Å². The second kappa shape index (κ2) is 5.78. The number of benzene rings is 1. The molecule has 1 amide bonds. The molecule has 0 radical (unpaired) electrons. The average molecular weight is 289 g/mol. The monoisotopic (exact) mass is 288 g/mol. The fourth-order valence-corrected chi connectivity index (χ4v) is 2.17. The summed E-state index contributed by atoms with van der Waals surface area (Å²) in [5.41, 5.74) is 5.74. The van der Waals surface area contributed by atoms with Gasteiger partial charge in [-0.3, -0.25) is 4.79 Å². The third-order valence-electron chi connectivity index (χ3n) is 2.82. The molecule has 98 valence electrons. The van der Waals surface area contributed by atoms with E-state index in [2.05, 4.69) is 0 Å². The molecule has 1 fully saturated rings. The zero-order chi connectivity index (χ0) is 13.1. The third-order valence-corrected chi connectivity index (χ3v) is 3.37. The van der Waals surface area contributed by atoms with E-state index < -0.39 is 0 Å². The van der Waals surface area contributed by atoms with Gasteiger partial charge in [0.1, 0.15) is 5.75 Å². The van der Waals surface area contributed by atoms with Crippen molar-refractivity contribution in [1.29, 1.82) is 0 Å². The molecule has 0 aromatic heterocycles. The van der Waals surface area contributed by atoms with Crippen molar-refractivity contribution in [1.82, 2.24) is 4.90 Å². The number of halogens is 2. The number of carbonyl (C=O) groups excluding carboxylic acids is 1. The SMILES string of the molecule is NC1CCN(C(=O)COc2cc(Cl)ccc2Cl)C1. The molecule has 1 aliphatic heterocycles. The molecular weight excluding hydrogens is 275 g/mol. The Kier molecular flexibility index (Phi) is 4.32. The van der Waals surface area contributed by atoms with E-state index in [1.807, 2.05) is 0 Å². The molecule has 4 nitrogen and oxygen atoms in total. The van der Waals surface area contributed by atoms with Gasteiger partial charge in [-0.25, -0.2) is 0 Å². The van der Waals surface area contributed by atoms with Crippen LogP contribution in [0.2, 0.25) is 10.0 Å². The zero-order valence-electron chi connectivity index (χ0n) is 9.73. The molecule has 1 heterocycles. The highest BCUT2D eigenvalue weighted by Gasteiger charge is 2.23. The Hall–Kier alpha value is -0.970. The summed E-state index contributed by atoms with van der Waals surface area (Å²) in [6.45, 7) is 1.23. The normalized spacial score (nSPS) is 19.1. The molecular formula is C12H14Cl2N2O2. The highest BCUT2D eigenvalue weighted by Crippen LogP contribution is 2.27. The Labute approximate surface area is 116 Å². The van der Waals surface area contributed by atoms with Crippen molar-refractivity contribution in [3.8, 4) is 5.75 Å². The number of nitrogens with two attached hydrogens (primary N) is 1. The van der Waals surface area contributed by atoms with Crippen LogP contribution in [0.1, 0.15) is 6.42 Å². The lowest BCUT2D eigenvalue weighted by Crippen LogP contribution is -2.35. The highest BCUT2D eigenvalue weighted by atomic mass is 35.5. The van der Waals surface area contributed by atoms with Crippen LogP contribution in [0, 0.1) is 0 Å². The van der Waals surface area contributed by atoms with Crippen LogP contribution >= 0.6 is 23.2 Å². The van der Waals surface area contributed by atoms with E-state index in [1.54, 1.807) is 23.1 Å². The number of carbonyl (C=O) groups is 1. The lowest BCUT2D eigenvalue weighted by atomic mass is 10.3. The lowest BCUT2D eigenvalue weighted by Gasteiger charge is -2.16. The van der Waals surface area contributed by atoms with E-state index in [4.69, 9.17) is 33.7 Å². The van der Waals surface area contributed by atoms with Crippen LogP contribution in [-0.2, 0) is 4.79 Å². The summed E-state index contributed by atoms with van der Waals surface area (Å²) in [6, 6.07) is 4.96. The molecule has 2 N–H and O–H groups in total. The predicted molar refractivity (Wildman–Crippen MR) is 71.1 cm³/mol. The second-order valence-corrected chi connectivity index (χ2v) is 5.10. The number of ether oxygens (including phenoxy) is 1. The van der Waals surface area contributed by atoms with Gasteiger partial charge in [-0.15, -0.1) is 0 Å². The first-order chi connectivity index (χ1) is 8.56. The maximum Gasteiger partial charge on any atom is 0.260 e. The van der Waals surface area contributed by atoms with Gasteiger partial charge in [0, 0.05) is 30.2 Å². The smallest absolute Gasteiger partial charge is 0.260 e. The topological polar surface area (TPSA) is 55.6 Å². The van der Waals surface area contributed by atoms with Crippen LogP contribution in [0.4, 0.5) is 0 Å². The first-order valence-corrected chi connectivity index (χ1v) is 6.43. The molecule has 2 rings (SSSR count). The van der Waals surface area contributed by atoms with Gasteiger partial charge in [0.2, 0.25) is 0 Å². The molecule has 1 atom stereocenters. The second-order valence-electron chi connectivity index (χ2n) is 4.25. The van der Waals surface area contributed by atoms with E-state index >= 15 is 0 Å². The molecule has 0 bridgehead atoms. The average Bonchev–Trinajstić information content (AvgIpc) is 2.77. The highest BCUT2D eigenvalue weighted by molar-refractivity contribution is 6.34. The van der Waals surface area contributed by atoms with Gasteiger partial charge in [-0.2, -0.15) is 0 Å². The Morgan fingerprint density at radius 2 is 2.28 bits per heavy atom. The largest absolute Gasteiger partial charge is 0.482 e. The van der Waals surface area contributed by atoms with Gasteiger partial charge in [0.25, 0.3) is 5.91 Å². The molecule has 0 saturated carbocycles. The van der Waals surface area contributed by atoms with Crippen LogP contribution in [0.5, 0.6) is 5.75 Å². The van der Waals surface area contributed by atoms with Crippen molar-refractivity contribution in [2.45, 2.75) is 12.5 Å². The molecule has 0 aliphatic carbocycles. The number of nitrogens with zero attached hydrogens (tertiary/aromatic N) is 1. The maximum atomic E-state index is 11.8. The minimum absolute atomic E-state index is 0.0488. The van der Waals surface area contributed by atoms with Crippen LogP contribution in [0.25, 0.3) is 0 Å². The van der Waals surface area contributed by atoms with Crippen molar-refractivity contribution in [3.05, 3.63) is 28.2 Å². The van der Waals surface area contributed by atoms with Gasteiger partial charge < -0.3 is 15.4 Å². The molecule has 6 heteroatoms. The molecule has 0 spiro atoms. The fourth-order valence-electron chi connectivity index (χ4n) is 1.83. The third kappa shape index (κ3) is 3.28. The molecule has 18 heavy (non-hydrogen) atoms. The molecule has 1 unspecified atom stereocenters. The minimum atomic E-state index is -0.0843. The van der Waals surface area contributed by atoms with Crippen molar-refractivity contribution >= 4 is 29.1 Å². The summed E-state index contributed by atoms with van der Waals surface area (Å²) < 4.78 is 5.38. The number of rotatable bonds is 3. The maximum absolute atomic E-state index is 11.8. The van der Waals surface area contributed by atoms with E-state index in [0.29, 0.717) is 28.9 Å². The van der Waals surface area contributed by atoms with Crippen LogP contribution < -0.4 is 10.5 Å². The lowest BCUT2D eigenvalue weighted by molar-refractivity contribution is -0.132. The van der Waals surface area contributed by atoms with E-state index in [0.717, 1.165) is 6.42 Å². The number of likely N-dealkylation sites (tertiary alicyclic amines) is 1. The van der Waals surface area contributed by atoms with E-state index in [-0.39, 0.29) is 18.6 Å². The summed E-state index contributed by atoms with van der Waals surface area (Å²) in [5, 5.41) is 0.954. The number of hydrogen-bond donors (Lipinski definition) is 1. The quantitative estimate of drug-likeness (QED) is 0.925. The van der Waals surface area contributed by atoms with Crippen molar-refractivity contribution in [2.75, 3.05) is 19.7 Å². The van der Waals surface area contributed by atoms with Gasteiger partial charge in [0.15, 0.2) is 6.61 Å². The molecule has 1 aromatic carbocycles. The Morgan fingerprint density at radius 3 is 2.94 bits per heavy atom. The van der Waals surface area contributed by atoms with Crippen molar-refractivity contribution in [3.63, 3.8) is 0 Å². The Balaban J connectivity index is 1.91. The number of amides is 1. The summed E-state index contributed by atoms with van der Waals surface area (Å²) >= 11 is 11.8. The summed E-state index contributed by atoms with van der Waals surface area (Å²) in [4.78, 5) is 13.5. The van der Waals surface area contributed by atoms with Gasteiger partial charge in [0.05, 0.1) is 5.02 Å². The first kappa shape index (κ1) is 13.5. The van der Waals surface area contributed by atoms with Crippen LogP contribution in [0.3, 0.4) is 0 Å². The fraction of sp³-hybridized carbons (Fsp3) is 0.417. The summed E-state index contributed by atoms with van der Waals surface area (Å²) in [6.07, 6.45) is 0.837. The van der Waals surface area contributed by atoms with Crippen molar-refractivity contribution < 1.29 is 9.53 Å². The molecule has 1 saturated heterocycles. The predicted octanol–water partition coefficient (Wildman–Crippen LogP) is 1.93. The van der Waals surface area contributed by atoms with E-state index in [9.17, 15) is 4.79 Å². The van der Waals surface area contributed by atoms with Crippen LogP contribution in [0.15, 0.2) is 18.2 Å².